The third-order valence-corrected chi connectivity index (χ3v) is 5.29. The van der Waals surface area contributed by atoms with Gasteiger partial charge in [0.15, 0.2) is 0 Å². The highest BCUT2D eigenvalue weighted by molar-refractivity contribution is 6.35. The fraction of sp³-hybridized carbons (Fsp3) is 0.200. The number of nitrogens with zero attached hydrogens (tertiary/aromatic N) is 1. The van der Waals surface area contributed by atoms with Crippen LogP contribution in [0.3, 0.4) is 0 Å². The molecule has 2 amide bonds. The molecule has 0 aromatic heterocycles. The molecule has 0 aliphatic heterocycles. The molecular weight excluding hydrogens is 447 g/mol. The molecule has 0 spiro atoms. The maximum Gasteiger partial charge on any atom is 0.260 e. The molecule has 3 aromatic rings. The zero-order valence-electron chi connectivity index (χ0n) is 17.7. The van der Waals surface area contributed by atoms with E-state index in [1.807, 2.05) is 37.3 Å². The molecule has 0 aliphatic rings. The molecular formula is C25H24Cl2N2O3. The van der Waals surface area contributed by atoms with E-state index in [1.165, 1.54) is 0 Å². The Hall–Kier alpha value is -3.02. The van der Waals surface area contributed by atoms with E-state index >= 15 is 0 Å². The Balaban J connectivity index is 1.59. The Labute approximate surface area is 197 Å². The quantitative estimate of drug-likeness (QED) is 0.365. The van der Waals surface area contributed by atoms with Crippen LogP contribution in [0, 0.1) is 0 Å². The van der Waals surface area contributed by atoms with Crippen molar-refractivity contribution in [3.05, 3.63) is 88.4 Å². The van der Waals surface area contributed by atoms with Crippen LogP contribution in [0.2, 0.25) is 10.0 Å². The first-order valence-corrected chi connectivity index (χ1v) is 11.1. The number of carbonyl (C=O) groups excluding carboxylic acids is 2. The van der Waals surface area contributed by atoms with E-state index in [4.69, 9.17) is 27.9 Å². The van der Waals surface area contributed by atoms with Crippen LogP contribution in [0.1, 0.15) is 30.1 Å². The number of amides is 2. The van der Waals surface area contributed by atoms with Crippen molar-refractivity contribution in [3.8, 4) is 5.75 Å². The van der Waals surface area contributed by atoms with Crippen LogP contribution >= 0.6 is 23.2 Å². The fourth-order valence-corrected chi connectivity index (χ4v) is 3.66. The molecule has 5 nitrogen and oxygen atoms in total. The van der Waals surface area contributed by atoms with Crippen molar-refractivity contribution >= 4 is 46.4 Å². The van der Waals surface area contributed by atoms with Crippen molar-refractivity contribution in [1.29, 1.82) is 0 Å². The van der Waals surface area contributed by atoms with Crippen LogP contribution in [0.15, 0.2) is 72.8 Å². The average molecular weight is 471 g/mol. The maximum absolute atomic E-state index is 13.2. The highest BCUT2D eigenvalue weighted by Gasteiger charge is 2.19. The Kier molecular flexibility index (Phi) is 8.54. The normalized spacial score (nSPS) is 10.5. The van der Waals surface area contributed by atoms with Crippen LogP contribution in [0.25, 0.3) is 0 Å². The monoisotopic (exact) mass is 470 g/mol. The number of hydrogen-bond acceptors (Lipinski definition) is 3. The van der Waals surface area contributed by atoms with E-state index in [0.29, 0.717) is 46.6 Å². The van der Waals surface area contributed by atoms with E-state index in [0.717, 1.165) is 5.69 Å². The van der Waals surface area contributed by atoms with Crippen LogP contribution in [0.5, 0.6) is 5.75 Å². The Bertz CT molecular complexity index is 1070. The Morgan fingerprint density at radius 3 is 2.41 bits per heavy atom. The summed E-state index contributed by atoms with van der Waals surface area (Å²) in [6, 6.07) is 21.5. The van der Waals surface area contributed by atoms with Crippen molar-refractivity contribution < 1.29 is 14.3 Å². The van der Waals surface area contributed by atoms with Gasteiger partial charge in [0.05, 0.1) is 22.9 Å². The van der Waals surface area contributed by atoms with Crippen LogP contribution in [-0.2, 0) is 4.79 Å². The minimum absolute atomic E-state index is 0.171. The molecule has 0 saturated heterocycles. The molecule has 0 bridgehead atoms. The van der Waals surface area contributed by atoms with Gasteiger partial charge in [0.2, 0.25) is 5.91 Å². The summed E-state index contributed by atoms with van der Waals surface area (Å²) in [5.74, 6) is 0.155. The van der Waals surface area contributed by atoms with Crippen molar-refractivity contribution in [2.75, 3.05) is 23.4 Å². The summed E-state index contributed by atoms with van der Waals surface area (Å²) in [6.07, 6.45) is 0.732. The third kappa shape index (κ3) is 6.25. The van der Waals surface area contributed by atoms with Gasteiger partial charge in [0.1, 0.15) is 5.75 Å². The number of halogens is 2. The molecule has 0 fully saturated rings. The summed E-state index contributed by atoms with van der Waals surface area (Å²) in [7, 11) is 0. The summed E-state index contributed by atoms with van der Waals surface area (Å²) in [5.41, 5.74) is 1.73. The number of hydrogen-bond donors (Lipinski definition) is 1. The SMILES string of the molecule is CCN(C(=O)c1ccccc1NC(=O)CCCOc1ccc(Cl)cc1Cl)c1ccccc1. The number of rotatable bonds is 9. The summed E-state index contributed by atoms with van der Waals surface area (Å²) < 4.78 is 5.62. The van der Waals surface area contributed by atoms with Crippen LogP contribution in [0.4, 0.5) is 11.4 Å². The van der Waals surface area contributed by atoms with E-state index in [-0.39, 0.29) is 18.2 Å². The lowest BCUT2D eigenvalue weighted by molar-refractivity contribution is -0.116. The average Bonchev–Trinajstić information content (AvgIpc) is 2.79. The summed E-state index contributed by atoms with van der Waals surface area (Å²) in [6.45, 7) is 2.75. The molecule has 0 heterocycles. The highest BCUT2D eigenvalue weighted by atomic mass is 35.5. The van der Waals surface area contributed by atoms with E-state index in [9.17, 15) is 9.59 Å². The molecule has 0 saturated carbocycles. The predicted molar refractivity (Wildman–Crippen MR) is 130 cm³/mol. The smallest absolute Gasteiger partial charge is 0.260 e. The minimum Gasteiger partial charge on any atom is -0.492 e. The zero-order chi connectivity index (χ0) is 22.9. The zero-order valence-corrected chi connectivity index (χ0v) is 19.2. The molecule has 166 valence electrons. The van der Waals surface area contributed by atoms with E-state index < -0.39 is 0 Å². The largest absolute Gasteiger partial charge is 0.492 e. The maximum atomic E-state index is 13.2. The number of carbonyl (C=O) groups is 2. The topological polar surface area (TPSA) is 58.6 Å². The Morgan fingerprint density at radius 1 is 0.969 bits per heavy atom. The molecule has 0 radical (unpaired) electrons. The second-order valence-corrected chi connectivity index (χ2v) is 7.85. The van der Waals surface area contributed by atoms with Crippen LogP contribution < -0.4 is 15.0 Å². The summed E-state index contributed by atoms with van der Waals surface area (Å²) >= 11 is 12.0. The first-order valence-electron chi connectivity index (χ1n) is 10.3. The van der Waals surface area contributed by atoms with E-state index in [2.05, 4.69) is 5.32 Å². The molecule has 0 unspecified atom stereocenters. The van der Waals surface area contributed by atoms with Crippen LogP contribution in [-0.4, -0.2) is 25.0 Å². The van der Waals surface area contributed by atoms with Crippen molar-refractivity contribution in [3.63, 3.8) is 0 Å². The predicted octanol–water partition coefficient (Wildman–Crippen LogP) is 6.46. The van der Waals surface area contributed by atoms with Gasteiger partial charge in [-0.1, -0.05) is 53.5 Å². The molecule has 0 aliphatic carbocycles. The lowest BCUT2D eigenvalue weighted by Gasteiger charge is -2.22. The Morgan fingerprint density at radius 2 is 1.69 bits per heavy atom. The second kappa shape index (κ2) is 11.6. The summed E-state index contributed by atoms with van der Waals surface area (Å²) in [4.78, 5) is 27.3. The molecule has 3 aromatic carbocycles. The van der Waals surface area contributed by atoms with Gasteiger partial charge < -0.3 is 15.0 Å². The van der Waals surface area contributed by atoms with Gasteiger partial charge in [-0.2, -0.15) is 0 Å². The number of anilines is 2. The number of para-hydroxylation sites is 2. The van der Waals surface area contributed by atoms with Gasteiger partial charge in [-0.15, -0.1) is 0 Å². The number of benzene rings is 3. The number of nitrogens with one attached hydrogen (secondary N) is 1. The third-order valence-electron chi connectivity index (χ3n) is 4.76. The van der Waals surface area contributed by atoms with Gasteiger partial charge >= 0.3 is 0 Å². The highest BCUT2D eigenvalue weighted by Crippen LogP contribution is 2.27. The first-order chi connectivity index (χ1) is 15.5. The van der Waals surface area contributed by atoms with Crippen molar-refractivity contribution in [1.82, 2.24) is 0 Å². The van der Waals surface area contributed by atoms with Crippen molar-refractivity contribution in [2.45, 2.75) is 19.8 Å². The molecule has 0 atom stereocenters. The van der Waals surface area contributed by atoms with Gasteiger partial charge in [-0.25, -0.2) is 0 Å². The van der Waals surface area contributed by atoms with E-state index in [1.54, 1.807) is 47.4 Å². The fourth-order valence-electron chi connectivity index (χ4n) is 3.20. The number of ether oxygens (including phenoxy) is 1. The van der Waals surface area contributed by atoms with Gasteiger partial charge in [-0.3, -0.25) is 9.59 Å². The van der Waals surface area contributed by atoms with Gasteiger partial charge in [-0.05, 0) is 55.8 Å². The van der Waals surface area contributed by atoms with Gasteiger partial charge in [0, 0.05) is 23.7 Å². The second-order valence-electron chi connectivity index (χ2n) is 7.01. The molecule has 7 heteroatoms. The molecule has 32 heavy (non-hydrogen) atoms. The lowest BCUT2D eigenvalue weighted by Crippen LogP contribution is -2.31. The summed E-state index contributed by atoms with van der Waals surface area (Å²) in [5, 5.41) is 3.81. The standard InChI is InChI=1S/C25H24Cl2N2O3/c1-2-29(19-9-4-3-5-10-19)25(31)20-11-6-7-12-22(20)28-24(30)13-8-16-32-23-15-14-18(26)17-21(23)27/h3-7,9-12,14-15,17H,2,8,13,16H2,1H3,(H,28,30). The molecule has 3 rings (SSSR count). The van der Waals surface area contributed by atoms with Crippen molar-refractivity contribution in [2.24, 2.45) is 0 Å². The van der Waals surface area contributed by atoms with Gasteiger partial charge in [0.25, 0.3) is 5.91 Å². The minimum atomic E-state index is -0.196. The lowest BCUT2D eigenvalue weighted by atomic mass is 10.1. The first kappa shape index (κ1) is 23.6. The molecule has 1 N–H and O–H groups in total.